The van der Waals surface area contributed by atoms with Gasteiger partial charge in [-0.05, 0) is 38.5 Å². The van der Waals surface area contributed by atoms with Crippen LogP contribution >= 0.6 is 0 Å². The summed E-state index contributed by atoms with van der Waals surface area (Å²) in [6, 6.07) is 0. The van der Waals surface area contributed by atoms with Crippen LogP contribution in [-0.4, -0.2) is 37.2 Å². The van der Waals surface area contributed by atoms with Crippen molar-refractivity contribution < 1.29 is 28.6 Å². The highest BCUT2D eigenvalue weighted by Crippen LogP contribution is 2.18. The Bertz CT molecular complexity index is 1060. The summed E-state index contributed by atoms with van der Waals surface area (Å²) in [6.07, 6.45) is 66.6. The molecule has 0 bridgehead atoms. The van der Waals surface area contributed by atoms with Gasteiger partial charge < -0.3 is 14.2 Å². The summed E-state index contributed by atoms with van der Waals surface area (Å²) in [7, 11) is 0. The first-order valence-corrected chi connectivity index (χ1v) is 30.7. The molecule has 0 aromatic carbocycles. The number of hydrogen-bond donors (Lipinski definition) is 0. The fraction of sp³-hybridized carbons (Fsp3) is 0.919. The Morgan fingerprint density at radius 3 is 0.794 bits per heavy atom. The maximum atomic E-state index is 12.8. The lowest BCUT2D eigenvalue weighted by Gasteiger charge is -2.18. The first-order valence-electron chi connectivity index (χ1n) is 30.7. The Hall–Kier alpha value is -1.85. The normalized spacial score (nSPS) is 12.0. The number of allylic oxidation sites excluding steroid dienone is 2. The minimum Gasteiger partial charge on any atom is -0.462 e. The minimum absolute atomic E-state index is 0.0666. The lowest BCUT2D eigenvalue weighted by Crippen LogP contribution is -2.30. The third-order valence-electron chi connectivity index (χ3n) is 14.0. The van der Waals surface area contributed by atoms with Crippen LogP contribution in [0.25, 0.3) is 0 Å². The molecule has 0 aromatic heterocycles. The van der Waals surface area contributed by atoms with Gasteiger partial charge in [-0.3, -0.25) is 14.4 Å². The van der Waals surface area contributed by atoms with Crippen LogP contribution in [0.3, 0.4) is 0 Å². The van der Waals surface area contributed by atoms with E-state index in [1.807, 2.05) is 0 Å². The summed E-state index contributed by atoms with van der Waals surface area (Å²) < 4.78 is 16.9. The maximum Gasteiger partial charge on any atom is 0.306 e. The lowest BCUT2D eigenvalue weighted by molar-refractivity contribution is -0.167. The van der Waals surface area contributed by atoms with E-state index in [2.05, 4.69) is 32.9 Å². The van der Waals surface area contributed by atoms with Crippen LogP contribution in [0.15, 0.2) is 12.2 Å². The monoisotopic (exact) mass is 959 g/mol. The van der Waals surface area contributed by atoms with E-state index < -0.39 is 6.10 Å². The summed E-state index contributed by atoms with van der Waals surface area (Å²) >= 11 is 0. The molecule has 0 spiro atoms. The van der Waals surface area contributed by atoms with Gasteiger partial charge in [0.15, 0.2) is 6.10 Å². The van der Waals surface area contributed by atoms with Gasteiger partial charge in [-0.2, -0.15) is 0 Å². The van der Waals surface area contributed by atoms with E-state index in [1.165, 1.54) is 238 Å². The van der Waals surface area contributed by atoms with Crippen molar-refractivity contribution in [3.63, 3.8) is 0 Å². The first kappa shape index (κ1) is 66.2. The van der Waals surface area contributed by atoms with Gasteiger partial charge in [0.1, 0.15) is 13.2 Å². The van der Waals surface area contributed by atoms with Crippen LogP contribution in [0.5, 0.6) is 0 Å². The highest BCUT2D eigenvalue weighted by Gasteiger charge is 2.19. The van der Waals surface area contributed by atoms with Crippen LogP contribution in [0, 0.1) is 0 Å². The number of ether oxygens (including phenoxy) is 3. The summed E-state index contributed by atoms with van der Waals surface area (Å²) in [5.41, 5.74) is 0. The fourth-order valence-corrected chi connectivity index (χ4v) is 9.39. The van der Waals surface area contributed by atoms with Crippen molar-refractivity contribution in [2.75, 3.05) is 13.2 Å². The number of unbranched alkanes of at least 4 members (excludes halogenated alkanes) is 44. The Morgan fingerprint density at radius 2 is 0.515 bits per heavy atom. The molecule has 0 fully saturated rings. The summed E-state index contributed by atoms with van der Waals surface area (Å²) in [4.78, 5) is 38.1. The molecule has 0 saturated carbocycles. The Balaban J connectivity index is 4.13. The van der Waals surface area contributed by atoms with Crippen molar-refractivity contribution in [2.45, 2.75) is 354 Å². The SMILES string of the molecule is CCC/C=C\CCCCCCCC(=O)OCC(COC(=O)CCCCCCCCCCCCCCCCCCCCCCCCCCC)OC(=O)CCCCCCCCCCCCCCCCC. The second-order valence-corrected chi connectivity index (χ2v) is 21.0. The minimum atomic E-state index is -0.767. The summed E-state index contributed by atoms with van der Waals surface area (Å²) in [6.45, 7) is 6.64. The van der Waals surface area contributed by atoms with Gasteiger partial charge in [0.25, 0.3) is 0 Å². The van der Waals surface area contributed by atoms with E-state index >= 15 is 0 Å². The van der Waals surface area contributed by atoms with E-state index in [0.29, 0.717) is 19.3 Å². The molecule has 0 radical (unpaired) electrons. The fourth-order valence-electron chi connectivity index (χ4n) is 9.39. The van der Waals surface area contributed by atoms with E-state index in [4.69, 9.17) is 14.2 Å². The van der Waals surface area contributed by atoms with Gasteiger partial charge in [-0.1, -0.05) is 303 Å². The van der Waals surface area contributed by atoms with Gasteiger partial charge in [-0.25, -0.2) is 0 Å². The molecule has 0 aromatic rings. The van der Waals surface area contributed by atoms with Crippen molar-refractivity contribution in [2.24, 2.45) is 0 Å². The topological polar surface area (TPSA) is 78.9 Å². The summed E-state index contributed by atoms with van der Waals surface area (Å²) in [5.74, 6) is -0.853. The molecule has 0 saturated heterocycles. The van der Waals surface area contributed by atoms with Crippen LogP contribution in [0.2, 0.25) is 0 Å². The Morgan fingerprint density at radius 1 is 0.279 bits per heavy atom. The average Bonchev–Trinajstić information content (AvgIpc) is 3.34. The second-order valence-electron chi connectivity index (χ2n) is 21.0. The van der Waals surface area contributed by atoms with Crippen molar-refractivity contribution >= 4 is 17.9 Å². The van der Waals surface area contributed by atoms with Gasteiger partial charge >= 0.3 is 17.9 Å². The third-order valence-corrected chi connectivity index (χ3v) is 14.0. The molecule has 0 rings (SSSR count). The first-order chi connectivity index (χ1) is 33.5. The van der Waals surface area contributed by atoms with Crippen molar-refractivity contribution in [1.29, 1.82) is 0 Å². The molecule has 68 heavy (non-hydrogen) atoms. The molecule has 0 amide bonds. The molecule has 0 aliphatic heterocycles. The standard InChI is InChI=1S/C62H118O6/c1-4-7-10-13-16-19-22-24-26-27-28-29-30-31-32-33-34-35-37-38-40-43-46-49-52-55-61(64)67-58-59(57-66-60(63)54-51-48-45-42-21-18-15-12-9-6-3)68-62(65)56-53-50-47-44-41-39-36-25-23-20-17-14-11-8-5-2/h12,15,59H,4-11,13-14,16-58H2,1-3H3/b15-12-. The Kier molecular flexibility index (Phi) is 56.2. The smallest absolute Gasteiger partial charge is 0.306 e. The molecular formula is C62H118O6. The maximum absolute atomic E-state index is 12.8. The van der Waals surface area contributed by atoms with E-state index in [1.54, 1.807) is 0 Å². The molecule has 402 valence electrons. The van der Waals surface area contributed by atoms with Crippen LogP contribution in [0.4, 0.5) is 0 Å². The Labute approximate surface area is 424 Å². The number of esters is 3. The molecule has 0 heterocycles. The van der Waals surface area contributed by atoms with Crippen LogP contribution in [0.1, 0.15) is 348 Å². The van der Waals surface area contributed by atoms with E-state index in [-0.39, 0.29) is 31.1 Å². The molecule has 0 N–H and O–H groups in total. The van der Waals surface area contributed by atoms with Crippen LogP contribution < -0.4 is 0 Å². The number of carbonyl (C=O) groups is 3. The predicted molar refractivity (Wildman–Crippen MR) is 293 cm³/mol. The van der Waals surface area contributed by atoms with Gasteiger partial charge in [0, 0.05) is 19.3 Å². The van der Waals surface area contributed by atoms with E-state index in [0.717, 1.165) is 70.6 Å². The van der Waals surface area contributed by atoms with Crippen LogP contribution in [-0.2, 0) is 28.6 Å². The van der Waals surface area contributed by atoms with Crippen molar-refractivity contribution in [3.8, 4) is 0 Å². The number of rotatable bonds is 57. The molecule has 6 nitrogen and oxygen atoms in total. The molecule has 0 aliphatic rings. The zero-order valence-electron chi connectivity index (χ0n) is 46.2. The molecular weight excluding hydrogens is 841 g/mol. The predicted octanol–water partition coefficient (Wildman–Crippen LogP) is 20.5. The van der Waals surface area contributed by atoms with Crippen molar-refractivity contribution in [3.05, 3.63) is 12.2 Å². The molecule has 0 aliphatic carbocycles. The third kappa shape index (κ3) is 55.1. The molecule has 1 atom stereocenters. The van der Waals surface area contributed by atoms with Crippen molar-refractivity contribution in [1.82, 2.24) is 0 Å². The van der Waals surface area contributed by atoms with Gasteiger partial charge in [-0.15, -0.1) is 0 Å². The molecule has 6 heteroatoms. The second kappa shape index (κ2) is 57.7. The van der Waals surface area contributed by atoms with Gasteiger partial charge in [0.05, 0.1) is 0 Å². The zero-order valence-corrected chi connectivity index (χ0v) is 46.2. The lowest BCUT2D eigenvalue weighted by atomic mass is 10.0. The highest BCUT2D eigenvalue weighted by molar-refractivity contribution is 5.71. The molecule has 1 unspecified atom stereocenters. The quantitative estimate of drug-likeness (QED) is 0.0262. The summed E-state index contributed by atoms with van der Waals surface area (Å²) in [5, 5.41) is 0. The number of carbonyl (C=O) groups excluding carboxylic acids is 3. The zero-order chi connectivity index (χ0) is 49.3. The van der Waals surface area contributed by atoms with E-state index in [9.17, 15) is 14.4 Å². The number of hydrogen-bond acceptors (Lipinski definition) is 6. The van der Waals surface area contributed by atoms with Gasteiger partial charge in [0.2, 0.25) is 0 Å². The average molecular weight is 960 g/mol. The largest absolute Gasteiger partial charge is 0.462 e. The highest BCUT2D eigenvalue weighted by atomic mass is 16.6.